The molecule has 0 bridgehead atoms. The van der Waals surface area contributed by atoms with E-state index in [4.69, 9.17) is 0 Å². The average molecular weight is 268 g/mol. The highest BCUT2D eigenvalue weighted by Crippen LogP contribution is 2.28. The van der Waals surface area contributed by atoms with Gasteiger partial charge in [0.2, 0.25) is 0 Å². The lowest BCUT2D eigenvalue weighted by atomic mass is 9.86. The summed E-state index contributed by atoms with van der Waals surface area (Å²) in [6, 6.07) is 14.5. The molecule has 0 aliphatic rings. The number of benzene rings is 2. The van der Waals surface area contributed by atoms with Gasteiger partial charge in [0.1, 0.15) is 6.10 Å². The molecule has 2 rings (SSSR count). The maximum atomic E-state index is 10.6. The zero-order valence-electron chi connectivity index (χ0n) is 13.1. The molecule has 0 spiro atoms. The average Bonchev–Trinajstić information content (AvgIpc) is 2.37. The van der Waals surface area contributed by atoms with Crippen LogP contribution in [0, 0.1) is 13.8 Å². The number of hydrogen-bond donors (Lipinski definition) is 1. The first-order valence-electron chi connectivity index (χ1n) is 7.14. The smallest absolute Gasteiger partial charge is 0.104 e. The van der Waals surface area contributed by atoms with Gasteiger partial charge >= 0.3 is 0 Å². The predicted octanol–water partition coefficient (Wildman–Crippen LogP) is 4.68. The molecule has 0 amide bonds. The van der Waals surface area contributed by atoms with Crippen LogP contribution in [-0.4, -0.2) is 5.11 Å². The Morgan fingerprint density at radius 3 is 2.00 bits per heavy atom. The van der Waals surface area contributed by atoms with Crippen molar-refractivity contribution in [2.75, 3.05) is 0 Å². The Morgan fingerprint density at radius 1 is 0.900 bits per heavy atom. The lowest BCUT2D eigenvalue weighted by Gasteiger charge is -2.20. The minimum atomic E-state index is -0.551. The van der Waals surface area contributed by atoms with Crippen molar-refractivity contribution in [3.8, 4) is 0 Å². The highest BCUT2D eigenvalue weighted by atomic mass is 16.3. The summed E-state index contributed by atoms with van der Waals surface area (Å²) in [6.45, 7) is 10.7. The molecule has 2 aromatic carbocycles. The normalized spacial score (nSPS) is 13.3. The molecular formula is C19H24O. The summed E-state index contributed by atoms with van der Waals surface area (Å²) < 4.78 is 0. The molecule has 1 heteroatoms. The van der Waals surface area contributed by atoms with Crippen molar-refractivity contribution >= 4 is 0 Å². The molecular weight excluding hydrogens is 244 g/mol. The van der Waals surface area contributed by atoms with Crippen molar-refractivity contribution in [2.45, 2.75) is 46.1 Å². The van der Waals surface area contributed by atoms with E-state index in [0.717, 1.165) is 16.7 Å². The third kappa shape index (κ3) is 3.10. The van der Waals surface area contributed by atoms with Crippen LogP contribution >= 0.6 is 0 Å². The Labute approximate surface area is 122 Å². The Hall–Kier alpha value is -1.60. The second kappa shape index (κ2) is 5.41. The molecule has 1 unspecified atom stereocenters. The summed E-state index contributed by atoms with van der Waals surface area (Å²) in [4.78, 5) is 0. The highest BCUT2D eigenvalue weighted by molar-refractivity contribution is 5.38. The van der Waals surface area contributed by atoms with E-state index in [1.54, 1.807) is 0 Å². The van der Waals surface area contributed by atoms with Crippen LogP contribution in [0.15, 0.2) is 42.5 Å². The molecule has 0 fully saturated rings. The molecule has 0 heterocycles. The van der Waals surface area contributed by atoms with E-state index in [0.29, 0.717) is 0 Å². The van der Waals surface area contributed by atoms with Crippen molar-refractivity contribution in [2.24, 2.45) is 0 Å². The van der Waals surface area contributed by atoms with Crippen LogP contribution in [0.2, 0.25) is 0 Å². The number of aryl methyl sites for hydroxylation is 2. The second-order valence-electron chi connectivity index (χ2n) is 6.63. The third-order valence-corrected chi connectivity index (χ3v) is 3.81. The van der Waals surface area contributed by atoms with Crippen molar-refractivity contribution in [3.05, 3.63) is 70.3 Å². The van der Waals surface area contributed by atoms with Gasteiger partial charge in [-0.05, 0) is 41.5 Å². The lowest BCUT2D eigenvalue weighted by molar-refractivity contribution is 0.219. The van der Waals surface area contributed by atoms with Gasteiger partial charge in [-0.3, -0.25) is 0 Å². The molecule has 0 saturated heterocycles. The van der Waals surface area contributed by atoms with Gasteiger partial charge in [0, 0.05) is 0 Å². The maximum Gasteiger partial charge on any atom is 0.104 e. The van der Waals surface area contributed by atoms with Crippen LogP contribution < -0.4 is 0 Å². The van der Waals surface area contributed by atoms with E-state index in [1.807, 2.05) is 18.2 Å². The molecule has 0 radical (unpaired) electrons. The fourth-order valence-electron chi connectivity index (χ4n) is 2.48. The summed E-state index contributed by atoms with van der Waals surface area (Å²) in [6.07, 6.45) is -0.551. The van der Waals surface area contributed by atoms with Crippen LogP contribution in [0.3, 0.4) is 0 Å². The fourth-order valence-corrected chi connectivity index (χ4v) is 2.48. The zero-order valence-corrected chi connectivity index (χ0v) is 13.1. The summed E-state index contributed by atoms with van der Waals surface area (Å²) in [5.74, 6) is 0. The SMILES string of the molecule is Cc1ccc(C(O)c2ccc(C(C)(C)C)cc2)c(C)c1. The Morgan fingerprint density at radius 2 is 1.50 bits per heavy atom. The molecule has 106 valence electrons. The Bertz CT molecular complexity index is 588. The Kier molecular flexibility index (Phi) is 4.01. The van der Waals surface area contributed by atoms with E-state index in [2.05, 4.69) is 58.9 Å². The first-order valence-corrected chi connectivity index (χ1v) is 7.14. The number of rotatable bonds is 2. The minimum Gasteiger partial charge on any atom is -0.384 e. The first-order chi connectivity index (χ1) is 9.29. The summed E-state index contributed by atoms with van der Waals surface area (Å²) in [5, 5.41) is 10.6. The van der Waals surface area contributed by atoms with E-state index >= 15 is 0 Å². The van der Waals surface area contributed by atoms with Crippen molar-refractivity contribution in [1.82, 2.24) is 0 Å². The predicted molar refractivity (Wildman–Crippen MR) is 85.1 cm³/mol. The van der Waals surface area contributed by atoms with Gasteiger partial charge < -0.3 is 5.11 Å². The largest absolute Gasteiger partial charge is 0.384 e. The molecule has 0 aliphatic carbocycles. The standard InChI is InChI=1S/C19H24O/c1-13-6-11-17(14(2)12-13)18(20)15-7-9-16(10-8-15)19(3,4)5/h6-12,18,20H,1-5H3. The molecule has 20 heavy (non-hydrogen) atoms. The van der Waals surface area contributed by atoms with Crippen LogP contribution in [0.1, 0.15) is 54.7 Å². The highest BCUT2D eigenvalue weighted by Gasteiger charge is 2.16. The minimum absolute atomic E-state index is 0.142. The van der Waals surface area contributed by atoms with Gasteiger partial charge in [-0.2, -0.15) is 0 Å². The summed E-state index contributed by atoms with van der Waals surface area (Å²) >= 11 is 0. The molecule has 1 atom stereocenters. The third-order valence-electron chi connectivity index (χ3n) is 3.81. The maximum absolute atomic E-state index is 10.6. The van der Waals surface area contributed by atoms with Crippen LogP contribution in [0.25, 0.3) is 0 Å². The van der Waals surface area contributed by atoms with E-state index in [1.165, 1.54) is 11.1 Å². The zero-order chi connectivity index (χ0) is 14.9. The molecule has 0 aliphatic heterocycles. The summed E-state index contributed by atoms with van der Waals surface area (Å²) in [7, 11) is 0. The fraction of sp³-hybridized carbons (Fsp3) is 0.368. The first kappa shape index (κ1) is 14.8. The van der Waals surface area contributed by atoms with E-state index in [9.17, 15) is 5.11 Å². The van der Waals surface area contributed by atoms with Gasteiger partial charge in [-0.1, -0.05) is 68.8 Å². The monoisotopic (exact) mass is 268 g/mol. The molecule has 0 saturated carbocycles. The van der Waals surface area contributed by atoms with Gasteiger partial charge in [0.25, 0.3) is 0 Å². The summed E-state index contributed by atoms with van der Waals surface area (Å²) in [5.41, 5.74) is 5.72. The topological polar surface area (TPSA) is 20.2 Å². The van der Waals surface area contributed by atoms with Crippen LogP contribution in [-0.2, 0) is 5.41 Å². The van der Waals surface area contributed by atoms with Crippen molar-refractivity contribution in [3.63, 3.8) is 0 Å². The number of hydrogen-bond acceptors (Lipinski definition) is 1. The number of aliphatic hydroxyl groups excluding tert-OH is 1. The molecule has 1 N–H and O–H groups in total. The van der Waals surface area contributed by atoms with Crippen molar-refractivity contribution in [1.29, 1.82) is 0 Å². The van der Waals surface area contributed by atoms with Crippen molar-refractivity contribution < 1.29 is 5.11 Å². The van der Waals surface area contributed by atoms with E-state index in [-0.39, 0.29) is 5.41 Å². The molecule has 0 aromatic heterocycles. The molecule has 1 nitrogen and oxygen atoms in total. The Balaban J connectivity index is 2.31. The molecule has 2 aromatic rings. The van der Waals surface area contributed by atoms with Crippen LogP contribution in [0.4, 0.5) is 0 Å². The van der Waals surface area contributed by atoms with E-state index < -0.39 is 6.10 Å². The number of aliphatic hydroxyl groups is 1. The van der Waals surface area contributed by atoms with Gasteiger partial charge in [-0.15, -0.1) is 0 Å². The van der Waals surface area contributed by atoms with Crippen LogP contribution in [0.5, 0.6) is 0 Å². The lowest BCUT2D eigenvalue weighted by Crippen LogP contribution is -2.11. The quantitative estimate of drug-likeness (QED) is 0.838. The second-order valence-corrected chi connectivity index (χ2v) is 6.63. The van der Waals surface area contributed by atoms with Gasteiger partial charge in [0.15, 0.2) is 0 Å². The van der Waals surface area contributed by atoms with Gasteiger partial charge in [0.05, 0.1) is 0 Å². The van der Waals surface area contributed by atoms with Gasteiger partial charge in [-0.25, -0.2) is 0 Å².